The van der Waals surface area contributed by atoms with Crippen LogP contribution in [0.4, 0.5) is 13.2 Å². The summed E-state index contributed by atoms with van der Waals surface area (Å²) in [7, 11) is 0. The first-order valence-corrected chi connectivity index (χ1v) is 9.41. The van der Waals surface area contributed by atoms with Gasteiger partial charge in [0.1, 0.15) is 0 Å². The van der Waals surface area contributed by atoms with Crippen molar-refractivity contribution in [2.45, 2.75) is 64.5 Å². The molecule has 0 aliphatic heterocycles. The predicted molar refractivity (Wildman–Crippen MR) is 106 cm³/mol. The second-order valence-corrected chi connectivity index (χ2v) is 9.03. The molecule has 5 heteroatoms. The van der Waals surface area contributed by atoms with Crippen molar-refractivity contribution >= 4 is 6.21 Å². The maximum atomic E-state index is 13.7. The molecule has 2 aromatic rings. The third-order valence-electron chi connectivity index (χ3n) is 6.04. The topological polar surface area (TPSA) is 32.6 Å². The van der Waals surface area contributed by atoms with Crippen LogP contribution in [0.15, 0.2) is 35.5 Å². The molecule has 1 N–H and O–H groups in total. The van der Waals surface area contributed by atoms with E-state index in [2.05, 4.69) is 38.9 Å². The molecule has 0 radical (unpaired) electrons. The molecule has 0 heterocycles. The molecule has 0 atom stereocenters. The molecule has 0 unspecified atom stereocenters. The van der Waals surface area contributed by atoms with Crippen LogP contribution in [-0.4, -0.2) is 11.4 Å². The summed E-state index contributed by atoms with van der Waals surface area (Å²) in [5.74, 6) is 0. The smallest absolute Gasteiger partial charge is 0.411 e. The molecular weight excluding hydrogens is 363 g/mol. The number of fused-ring (bicyclic) bond motifs is 1. The van der Waals surface area contributed by atoms with E-state index in [1.165, 1.54) is 17.7 Å². The number of hydrogen-bond acceptors (Lipinski definition) is 2. The van der Waals surface area contributed by atoms with E-state index in [1.807, 2.05) is 13.0 Å². The van der Waals surface area contributed by atoms with Gasteiger partial charge in [0.05, 0.1) is 11.8 Å². The van der Waals surface area contributed by atoms with Crippen molar-refractivity contribution < 1.29 is 18.4 Å². The molecule has 2 aromatic carbocycles. The Balaban J connectivity index is 2.32. The molecule has 1 aliphatic carbocycles. The zero-order chi connectivity index (χ0) is 20.9. The number of nitrogens with zero attached hydrogens (tertiary/aromatic N) is 1. The number of aryl methyl sites for hydroxylation is 1. The normalized spacial score (nSPS) is 18.3. The summed E-state index contributed by atoms with van der Waals surface area (Å²) in [4.78, 5) is 0. The first-order valence-electron chi connectivity index (χ1n) is 9.41. The van der Waals surface area contributed by atoms with Crippen LogP contribution in [0.25, 0.3) is 11.1 Å². The lowest BCUT2D eigenvalue weighted by molar-refractivity contribution is -0.137. The van der Waals surface area contributed by atoms with E-state index in [4.69, 9.17) is 5.21 Å². The summed E-state index contributed by atoms with van der Waals surface area (Å²) >= 11 is 0. The Morgan fingerprint density at radius 1 is 0.929 bits per heavy atom. The van der Waals surface area contributed by atoms with Crippen molar-refractivity contribution in [3.05, 3.63) is 58.1 Å². The van der Waals surface area contributed by atoms with E-state index in [0.29, 0.717) is 11.1 Å². The highest BCUT2D eigenvalue weighted by molar-refractivity contribution is 5.84. The number of alkyl halides is 3. The van der Waals surface area contributed by atoms with Crippen molar-refractivity contribution in [2.75, 3.05) is 0 Å². The summed E-state index contributed by atoms with van der Waals surface area (Å²) in [6, 6.07) is 7.81. The lowest BCUT2D eigenvalue weighted by Gasteiger charge is -2.42. The third kappa shape index (κ3) is 3.54. The number of oxime groups is 1. The highest BCUT2D eigenvalue weighted by Crippen LogP contribution is 2.48. The van der Waals surface area contributed by atoms with E-state index in [9.17, 15) is 13.2 Å². The maximum absolute atomic E-state index is 13.7. The van der Waals surface area contributed by atoms with Crippen molar-refractivity contribution in [3.8, 4) is 11.1 Å². The fraction of sp³-hybridized carbons (Fsp3) is 0.435. The molecule has 0 aromatic heterocycles. The summed E-state index contributed by atoms with van der Waals surface area (Å²) in [5, 5.41) is 11.8. The second kappa shape index (κ2) is 6.64. The molecule has 0 amide bonds. The molecule has 3 rings (SSSR count). The summed E-state index contributed by atoms with van der Waals surface area (Å²) < 4.78 is 41.1. The Morgan fingerprint density at radius 2 is 1.50 bits per heavy atom. The minimum atomic E-state index is -4.47. The highest BCUT2D eigenvalue weighted by Gasteiger charge is 2.39. The summed E-state index contributed by atoms with van der Waals surface area (Å²) in [6.07, 6.45) is -1.30. The molecule has 0 saturated heterocycles. The molecule has 150 valence electrons. The van der Waals surface area contributed by atoms with E-state index < -0.39 is 11.7 Å². The van der Waals surface area contributed by atoms with Gasteiger partial charge in [0.2, 0.25) is 0 Å². The van der Waals surface area contributed by atoms with Gasteiger partial charge in [-0.1, -0.05) is 51.0 Å². The van der Waals surface area contributed by atoms with Crippen LogP contribution >= 0.6 is 0 Å². The zero-order valence-corrected chi connectivity index (χ0v) is 16.9. The first-order chi connectivity index (χ1) is 12.9. The summed E-state index contributed by atoms with van der Waals surface area (Å²) in [5.41, 5.74) is 3.45. The van der Waals surface area contributed by atoms with Gasteiger partial charge in [-0.05, 0) is 76.1 Å². The average Bonchev–Trinajstić information content (AvgIpc) is 2.58. The second-order valence-electron chi connectivity index (χ2n) is 9.03. The Kier molecular flexibility index (Phi) is 4.85. The first kappa shape index (κ1) is 20.4. The van der Waals surface area contributed by atoms with Crippen LogP contribution in [0, 0.1) is 6.92 Å². The van der Waals surface area contributed by atoms with Crippen molar-refractivity contribution in [3.63, 3.8) is 0 Å². The van der Waals surface area contributed by atoms with Gasteiger partial charge >= 0.3 is 6.18 Å². The van der Waals surface area contributed by atoms with Gasteiger partial charge in [0, 0.05) is 0 Å². The minimum Gasteiger partial charge on any atom is -0.411 e. The van der Waals surface area contributed by atoms with Gasteiger partial charge in [-0.15, -0.1) is 0 Å². The molecule has 0 bridgehead atoms. The van der Waals surface area contributed by atoms with E-state index in [-0.39, 0.29) is 16.4 Å². The van der Waals surface area contributed by atoms with E-state index >= 15 is 0 Å². The zero-order valence-electron chi connectivity index (χ0n) is 16.9. The Morgan fingerprint density at radius 3 is 2.04 bits per heavy atom. The largest absolute Gasteiger partial charge is 0.417 e. The Bertz CT molecular complexity index is 940. The quantitative estimate of drug-likeness (QED) is 0.340. The van der Waals surface area contributed by atoms with Gasteiger partial charge in [0.25, 0.3) is 0 Å². The molecule has 0 spiro atoms. The maximum Gasteiger partial charge on any atom is 0.417 e. The Hall–Kier alpha value is -2.30. The molecule has 0 saturated carbocycles. The fourth-order valence-corrected chi connectivity index (χ4v) is 4.19. The Labute approximate surface area is 164 Å². The molecule has 0 fully saturated rings. The van der Waals surface area contributed by atoms with Crippen LogP contribution < -0.4 is 0 Å². The number of rotatable bonds is 2. The van der Waals surface area contributed by atoms with Crippen molar-refractivity contribution in [2.24, 2.45) is 5.16 Å². The predicted octanol–water partition coefficient (Wildman–Crippen LogP) is 6.84. The van der Waals surface area contributed by atoms with E-state index in [1.54, 1.807) is 0 Å². The standard InChI is InChI=1S/C23H26F3NO/c1-14-10-19-20(22(4,5)9-8-21(19,2)3)12-16(14)17-11-15(13-27-28)6-7-18(17)23(24,25)26/h6-7,10-13,28H,8-9H2,1-5H3/b27-13+. The lowest BCUT2D eigenvalue weighted by Crippen LogP contribution is -2.34. The van der Waals surface area contributed by atoms with Gasteiger partial charge < -0.3 is 5.21 Å². The van der Waals surface area contributed by atoms with Gasteiger partial charge in [-0.3, -0.25) is 0 Å². The van der Waals surface area contributed by atoms with Gasteiger partial charge in [-0.25, -0.2) is 0 Å². The number of benzene rings is 2. The minimum absolute atomic E-state index is 0.00754. The third-order valence-corrected chi connectivity index (χ3v) is 6.04. The molecule has 2 nitrogen and oxygen atoms in total. The van der Waals surface area contributed by atoms with E-state index in [0.717, 1.165) is 36.2 Å². The number of halogens is 3. The highest BCUT2D eigenvalue weighted by atomic mass is 19.4. The van der Waals surface area contributed by atoms with Crippen LogP contribution in [0.5, 0.6) is 0 Å². The SMILES string of the molecule is Cc1cc2c(cc1-c1cc(/C=N/O)ccc1C(F)(F)F)C(C)(C)CCC2(C)C. The molecule has 28 heavy (non-hydrogen) atoms. The van der Waals surface area contributed by atoms with Crippen LogP contribution in [-0.2, 0) is 17.0 Å². The van der Waals surface area contributed by atoms with Gasteiger partial charge in [0.15, 0.2) is 0 Å². The van der Waals surface area contributed by atoms with Crippen molar-refractivity contribution in [1.82, 2.24) is 0 Å². The average molecular weight is 389 g/mol. The van der Waals surface area contributed by atoms with Crippen LogP contribution in [0.1, 0.15) is 68.4 Å². The lowest BCUT2D eigenvalue weighted by atomic mass is 9.62. The fourth-order valence-electron chi connectivity index (χ4n) is 4.19. The van der Waals surface area contributed by atoms with Crippen LogP contribution in [0.2, 0.25) is 0 Å². The van der Waals surface area contributed by atoms with Gasteiger partial charge in [-0.2, -0.15) is 13.2 Å². The molecular formula is C23H26F3NO. The monoisotopic (exact) mass is 389 g/mol. The number of hydrogen-bond donors (Lipinski definition) is 1. The van der Waals surface area contributed by atoms with Crippen LogP contribution in [0.3, 0.4) is 0 Å². The van der Waals surface area contributed by atoms with Crippen molar-refractivity contribution in [1.29, 1.82) is 0 Å². The molecule has 1 aliphatic rings. The summed E-state index contributed by atoms with van der Waals surface area (Å²) in [6.45, 7) is 10.6.